The van der Waals surface area contributed by atoms with E-state index in [2.05, 4.69) is 9.71 Å². The Morgan fingerprint density at radius 2 is 1.96 bits per heavy atom. The van der Waals surface area contributed by atoms with Crippen molar-refractivity contribution >= 4 is 10.2 Å². The van der Waals surface area contributed by atoms with Gasteiger partial charge in [-0.15, -0.1) is 0 Å². The van der Waals surface area contributed by atoms with Crippen LogP contribution in [0, 0.1) is 5.82 Å². The maximum absolute atomic E-state index is 14.2. The molecule has 1 N–H and O–H groups in total. The van der Waals surface area contributed by atoms with Crippen LogP contribution in [0.15, 0.2) is 36.7 Å². The van der Waals surface area contributed by atoms with Crippen molar-refractivity contribution in [2.45, 2.75) is 25.9 Å². The highest BCUT2D eigenvalue weighted by Gasteiger charge is 2.29. The molecule has 0 spiro atoms. The third-order valence-electron chi connectivity index (χ3n) is 3.71. The predicted octanol–water partition coefficient (Wildman–Crippen LogP) is 1.82. The van der Waals surface area contributed by atoms with E-state index in [1.807, 2.05) is 0 Å². The SMILES string of the molecule is CC(C)N(C)S(=O)(=O)N[C@@H](c1ccccc1F)c1nccn1C. The summed E-state index contributed by atoms with van der Waals surface area (Å²) in [5.74, 6) is -0.0776. The largest absolute Gasteiger partial charge is 0.336 e. The Hall–Kier alpha value is -1.77. The first-order valence-electron chi connectivity index (χ1n) is 7.21. The lowest BCUT2D eigenvalue weighted by Crippen LogP contribution is -2.44. The predicted molar refractivity (Wildman–Crippen MR) is 86.4 cm³/mol. The summed E-state index contributed by atoms with van der Waals surface area (Å²) in [6.07, 6.45) is 3.23. The molecule has 0 unspecified atom stereocenters. The van der Waals surface area contributed by atoms with Crippen LogP contribution < -0.4 is 4.72 Å². The van der Waals surface area contributed by atoms with E-state index in [4.69, 9.17) is 0 Å². The molecule has 0 bridgehead atoms. The van der Waals surface area contributed by atoms with Crippen LogP contribution in [0.5, 0.6) is 0 Å². The lowest BCUT2D eigenvalue weighted by atomic mass is 10.1. The van der Waals surface area contributed by atoms with Crippen molar-refractivity contribution in [1.29, 1.82) is 0 Å². The maximum Gasteiger partial charge on any atom is 0.280 e. The second kappa shape index (κ2) is 6.77. The molecule has 0 aliphatic rings. The standard InChI is InChI=1S/C15H21FN4O2S/c1-11(2)20(4)23(21,22)18-14(15-17-9-10-19(15)3)12-7-5-6-8-13(12)16/h5-11,14,18H,1-4H3/t14-/m0/s1. The van der Waals surface area contributed by atoms with Crippen molar-refractivity contribution in [2.24, 2.45) is 7.05 Å². The molecular weight excluding hydrogens is 319 g/mol. The second-order valence-electron chi connectivity index (χ2n) is 5.58. The number of halogens is 1. The lowest BCUT2D eigenvalue weighted by molar-refractivity contribution is 0.397. The molecule has 0 aliphatic carbocycles. The van der Waals surface area contributed by atoms with Gasteiger partial charge >= 0.3 is 0 Å². The summed E-state index contributed by atoms with van der Waals surface area (Å²) in [5, 5.41) is 0. The van der Waals surface area contributed by atoms with Gasteiger partial charge in [0, 0.05) is 38.1 Å². The molecule has 0 radical (unpaired) electrons. The van der Waals surface area contributed by atoms with Gasteiger partial charge in [0.1, 0.15) is 17.7 Å². The molecule has 0 fully saturated rings. The van der Waals surface area contributed by atoms with Gasteiger partial charge in [-0.3, -0.25) is 0 Å². The number of rotatable bonds is 6. The molecule has 1 heterocycles. The molecular formula is C15H21FN4O2S. The highest BCUT2D eigenvalue weighted by atomic mass is 32.2. The molecule has 8 heteroatoms. The quantitative estimate of drug-likeness (QED) is 0.872. The Bertz CT molecular complexity index is 773. The molecule has 2 rings (SSSR count). The van der Waals surface area contributed by atoms with E-state index in [0.29, 0.717) is 5.82 Å². The summed E-state index contributed by atoms with van der Waals surface area (Å²) >= 11 is 0. The number of hydrogen-bond donors (Lipinski definition) is 1. The average Bonchev–Trinajstić information content (AvgIpc) is 2.90. The Balaban J connectivity index is 2.48. The highest BCUT2D eigenvalue weighted by Crippen LogP contribution is 2.24. The minimum absolute atomic E-state index is 0.225. The number of aryl methyl sites for hydroxylation is 1. The zero-order valence-electron chi connectivity index (χ0n) is 13.6. The van der Waals surface area contributed by atoms with Gasteiger partial charge in [-0.1, -0.05) is 18.2 Å². The molecule has 2 aromatic rings. The first-order chi connectivity index (χ1) is 10.7. The smallest absolute Gasteiger partial charge is 0.280 e. The zero-order chi connectivity index (χ0) is 17.2. The summed E-state index contributed by atoms with van der Waals surface area (Å²) < 4.78 is 44.7. The van der Waals surface area contributed by atoms with E-state index >= 15 is 0 Å². The number of benzene rings is 1. The van der Waals surface area contributed by atoms with E-state index in [1.54, 1.807) is 56.1 Å². The van der Waals surface area contributed by atoms with Crippen LogP contribution in [0.4, 0.5) is 4.39 Å². The summed E-state index contributed by atoms with van der Waals surface area (Å²) in [7, 11) is -0.594. The van der Waals surface area contributed by atoms with E-state index in [1.165, 1.54) is 17.4 Å². The molecule has 23 heavy (non-hydrogen) atoms. The van der Waals surface area contributed by atoms with Crippen molar-refractivity contribution in [3.63, 3.8) is 0 Å². The molecule has 126 valence electrons. The van der Waals surface area contributed by atoms with Crippen LogP contribution >= 0.6 is 0 Å². The van der Waals surface area contributed by atoms with E-state index in [9.17, 15) is 12.8 Å². The highest BCUT2D eigenvalue weighted by molar-refractivity contribution is 7.87. The Morgan fingerprint density at radius 1 is 1.30 bits per heavy atom. The maximum atomic E-state index is 14.2. The monoisotopic (exact) mass is 340 g/mol. The van der Waals surface area contributed by atoms with Gasteiger partial charge in [0.2, 0.25) is 0 Å². The van der Waals surface area contributed by atoms with Crippen molar-refractivity contribution < 1.29 is 12.8 Å². The van der Waals surface area contributed by atoms with Gasteiger partial charge in [0.15, 0.2) is 0 Å². The number of aromatic nitrogens is 2. The van der Waals surface area contributed by atoms with E-state index in [0.717, 1.165) is 0 Å². The fraction of sp³-hybridized carbons (Fsp3) is 0.400. The summed E-state index contributed by atoms with van der Waals surface area (Å²) in [6, 6.07) is 4.92. The fourth-order valence-corrected chi connectivity index (χ4v) is 3.38. The Kier molecular flexibility index (Phi) is 5.18. The van der Waals surface area contributed by atoms with Crippen molar-refractivity contribution in [3.8, 4) is 0 Å². The van der Waals surface area contributed by atoms with Crippen LogP contribution in [-0.2, 0) is 17.3 Å². The molecule has 0 saturated carbocycles. The topological polar surface area (TPSA) is 67.2 Å². The van der Waals surface area contributed by atoms with Crippen LogP contribution in [-0.4, -0.2) is 35.4 Å². The van der Waals surface area contributed by atoms with Crippen molar-refractivity contribution in [1.82, 2.24) is 18.6 Å². The van der Waals surface area contributed by atoms with Crippen LogP contribution in [0.2, 0.25) is 0 Å². The molecule has 0 aliphatic heterocycles. The zero-order valence-corrected chi connectivity index (χ0v) is 14.4. The van der Waals surface area contributed by atoms with Crippen LogP contribution in [0.25, 0.3) is 0 Å². The molecule has 0 saturated heterocycles. The Labute approximate surface area is 136 Å². The first kappa shape index (κ1) is 17.6. The number of hydrogen-bond acceptors (Lipinski definition) is 3. The minimum atomic E-state index is -3.80. The number of imidazole rings is 1. The minimum Gasteiger partial charge on any atom is -0.336 e. The molecule has 1 aromatic heterocycles. The third-order valence-corrected chi connectivity index (χ3v) is 5.42. The van der Waals surface area contributed by atoms with Gasteiger partial charge in [-0.2, -0.15) is 17.4 Å². The first-order valence-corrected chi connectivity index (χ1v) is 8.65. The van der Waals surface area contributed by atoms with Crippen LogP contribution in [0.3, 0.4) is 0 Å². The van der Waals surface area contributed by atoms with E-state index in [-0.39, 0.29) is 11.6 Å². The molecule has 1 aromatic carbocycles. The summed E-state index contributed by atoms with van der Waals surface area (Å²) in [4.78, 5) is 4.17. The molecule has 0 amide bonds. The van der Waals surface area contributed by atoms with Crippen LogP contribution in [0.1, 0.15) is 31.3 Å². The van der Waals surface area contributed by atoms with Gasteiger partial charge < -0.3 is 4.57 Å². The lowest BCUT2D eigenvalue weighted by Gasteiger charge is -2.26. The van der Waals surface area contributed by atoms with Gasteiger partial charge in [0.05, 0.1) is 0 Å². The van der Waals surface area contributed by atoms with Crippen molar-refractivity contribution in [2.75, 3.05) is 7.05 Å². The number of nitrogens with one attached hydrogen (secondary N) is 1. The summed E-state index contributed by atoms with van der Waals surface area (Å²) in [6.45, 7) is 3.52. The normalized spacial score (nSPS) is 13.7. The van der Waals surface area contributed by atoms with E-state index < -0.39 is 22.1 Å². The fourth-order valence-electron chi connectivity index (χ4n) is 2.13. The number of nitrogens with zero attached hydrogens (tertiary/aromatic N) is 3. The average molecular weight is 340 g/mol. The summed E-state index contributed by atoms with van der Waals surface area (Å²) in [5.41, 5.74) is 0.225. The third kappa shape index (κ3) is 3.77. The van der Waals surface area contributed by atoms with Gasteiger partial charge in [0.25, 0.3) is 10.2 Å². The second-order valence-corrected chi connectivity index (χ2v) is 7.35. The molecule has 6 nitrogen and oxygen atoms in total. The van der Waals surface area contributed by atoms with Gasteiger partial charge in [-0.05, 0) is 19.9 Å². The Morgan fingerprint density at radius 3 is 2.48 bits per heavy atom. The molecule has 1 atom stereocenters. The van der Waals surface area contributed by atoms with Gasteiger partial charge in [-0.25, -0.2) is 9.37 Å². The van der Waals surface area contributed by atoms with Crippen molar-refractivity contribution in [3.05, 3.63) is 53.9 Å².